The van der Waals surface area contributed by atoms with Crippen molar-refractivity contribution in [2.45, 2.75) is 25.2 Å². The number of aromatic nitrogens is 1. The van der Waals surface area contributed by atoms with Gasteiger partial charge < -0.3 is 9.88 Å². The number of pyridine rings is 1. The van der Waals surface area contributed by atoms with Gasteiger partial charge in [-0.15, -0.1) is 0 Å². The number of nitrogens with zero attached hydrogens (tertiary/aromatic N) is 1. The summed E-state index contributed by atoms with van der Waals surface area (Å²) in [5.41, 5.74) is 1.19. The topological polar surface area (TPSA) is 53.2 Å². The number of rotatable bonds is 2. The molecular weight excluding hydrogens is 295 g/mol. The van der Waals surface area contributed by atoms with Crippen LogP contribution in [-0.4, -0.2) is 28.9 Å². The molecule has 0 aliphatic carbocycles. The zero-order valence-corrected chi connectivity index (χ0v) is 12.8. The van der Waals surface area contributed by atoms with Crippen molar-refractivity contribution in [3.8, 4) is 0 Å². The average Bonchev–Trinajstić information content (AvgIpc) is 2.81. The zero-order valence-electron chi connectivity index (χ0n) is 12.8. The number of carbonyl (C=O) groups excluding carboxylic acids is 1. The largest absolute Gasteiger partial charge is 0.338 e. The number of H-pyrrole nitrogens is 1. The van der Waals surface area contributed by atoms with E-state index in [0.717, 1.165) is 24.8 Å². The highest BCUT2D eigenvalue weighted by Gasteiger charge is 2.24. The Morgan fingerprint density at radius 3 is 2.70 bits per heavy atom. The molecule has 5 heteroatoms. The second kappa shape index (κ2) is 6.77. The molecule has 1 aliphatic heterocycles. The molecule has 1 fully saturated rings. The molecule has 2 aromatic rings. The minimum atomic E-state index is -0.277. The van der Waals surface area contributed by atoms with E-state index in [4.69, 9.17) is 0 Å². The van der Waals surface area contributed by atoms with Crippen molar-refractivity contribution in [2.24, 2.45) is 0 Å². The SMILES string of the molecule is O=C(c1cc[nH]c(=O)c1)N1CCCCC(c2ccc(F)cc2)C1. The third kappa shape index (κ3) is 3.67. The molecule has 3 rings (SSSR count). The molecule has 0 saturated carbocycles. The molecular formula is C18H19FN2O2. The first-order chi connectivity index (χ1) is 11.1. The van der Waals surface area contributed by atoms with Crippen LogP contribution in [0.4, 0.5) is 4.39 Å². The lowest BCUT2D eigenvalue weighted by Crippen LogP contribution is -2.34. The first-order valence-electron chi connectivity index (χ1n) is 7.87. The van der Waals surface area contributed by atoms with Gasteiger partial charge in [-0.25, -0.2) is 4.39 Å². The zero-order chi connectivity index (χ0) is 16.2. The third-order valence-electron chi connectivity index (χ3n) is 4.32. The van der Waals surface area contributed by atoms with E-state index in [2.05, 4.69) is 4.98 Å². The van der Waals surface area contributed by atoms with Gasteiger partial charge in [-0.3, -0.25) is 9.59 Å². The first-order valence-corrected chi connectivity index (χ1v) is 7.87. The van der Waals surface area contributed by atoms with Gasteiger partial charge in [0.2, 0.25) is 5.56 Å². The molecule has 1 saturated heterocycles. The molecule has 0 spiro atoms. The molecule has 1 atom stereocenters. The van der Waals surface area contributed by atoms with Crippen LogP contribution in [0.25, 0.3) is 0 Å². The number of carbonyl (C=O) groups is 1. The van der Waals surface area contributed by atoms with Crippen LogP contribution in [0.2, 0.25) is 0 Å². The molecule has 0 bridgehead atoms. The van der Waals surface area contributed by atoms with E-state index in [-0.39, 0.29) is 23.2 Å². The van der Waals surface area contributed by atoms with Crippen molar-refractivity contribution in [3.63, 3.8) is 0 Å². The Balaban J connectivity index is 1.80. The molecule has 1 aliphatic rings. The smallest absolute Gasteiger partial charge is 0.254 e. The lowest BCUT2D eigenvalue weighted by atomic mass is 9.94. The number of aromatic amines is 1. The highest BCUT2D eigenvalue weighted by Crippen LogP contribution is 2.27. The maximum Gasteiger partial charge on any atom is 0.254 e. The highest BCUT2D eigenvalue weighted by molar-refractivity contribution is 5.94. The summed E-state index contributed by atoms with van der Waals surface area (Å²) in [6.45, 7) is 1.28. The summed E-state index contributed by atoms with van der Waals surface area (Å²) in [7, 11) is 0. The fourth-order valence-corrected chi connectivity index (χ4v) is 3.09. The number of likely N-dealkylation sites (tertiary alicyclic amines) is 1. The third-order valence-corrected chi connectivity index (χ3v) is 4.32. The Morgan fingerprint density at radius 2 is 1.96 bits per heavy atom. The van der Waals surface area contributed by atoms with E-state index in [0.29, 0.717) is 18.7 Å². The number of nitrogens with one attached hydrogen (secondary N) is 1. The minimum absolute atomic E-state index is 0.120. The summed E-state index contributed by atoms with van der Waals surface area (Å²) in [6, 6.07) is 9.47. The number of hydrogen-bond donors (Lipinski definition) is 1. The van der Waals surface area contributed by atoms with Crippen molar-refractivity contribution in [1.82, 2.24) is 9.88 Å². The summed E-state index contributed by atoms with van der Waals surface area (Å²) in [5, 5.41) is 0. The second-order valence-corrected chi connectivity index (χ2v) is 5.94. The number of hydrogen-bond acceptors (Lipinski definition) is 2. The molecule has 1 unspecified atom stereocenters. The minimum Gasteiger partial charge on any atom is -0.338 e. The molecule has 1 N–H and O–H groups in total. The normalized spacial score (nSPS) is 18.5. The molecule has 0 radical (unpaired) electrons. The van der Waals surface area contributed by atoms with Crippen molar-refractivity contribution in [1.29, 1.82) is 0 Å². The van der Waals surface area contributed by atoms with Crippen LogP contribution in [-0.2, 0) is 0 Å². The van der Waals surface area contributed by atoms with E-state index in [1.165, 1.54) is 24.4 Å². The van der Waals surface area contributed by atoms with Gasteiger partial charge in [0.15, 0.2) is 0 Å². The maximum atomic E-state index is 13.1. The molecule has 23 heavy (non-hydrogen) atoms. The number of amides is 1. The van der Waals surface area contributed by atoms with Gasteiger partial charge in [0.05, 0.1) is 0 Å². The molecule has 2 heterocycles. The predicted octanol–water partition coefficient (Wildman–Crippen LogP) is 2.92. The van der Waals surface area contributed by atoms with Gasteiger partial charge >= 0.3 is 0 Å². The first kappa shape index (κ1) is 15.5. The van der Waals surface area contributed by atoms with Crippen LogP contribution in [0.15, 0.2) is 47.4 Å². The van der Waals surface area contributed by atoms with Gasteiger partial charge in [0, 0.05) is 36.8 Å². The van der Waals surface area contributed by atoms with Gasteiger partial charge in [-0.2, -0.15) is 0 Å². The van der Waals surface area contributed by atoms with Gasteiger partial charge in [0.1, 0.15) is 5.82 Å². The van der Waals surface area contributed by atoms with E-state index in [9.17, 15) is 14.0 Å². The van der Waals surface area contributed by atoms with Crippen molar-refractivity contribution in [3.05, 3.63) is 69.9 Å². The summed E-state index contributed by atoms with van der Waals surface area (Å²) in [5.74, 6) is -0.173. The fourth-order valence-electron chi connectivity index (χ4n) is 3.09. The van der Waals surface area contributed by atoms with Crippen LogP contribution in [0.3, 0.4) is 0 Å². The Labute approximate surface area is 134 Å². The number of benzene rings is 1. The monoisotopic (exact) mass is 314 g/mol. The van der Waals surface area contributed by atoms with Crippen molar-refractivity contribution in [2.75, 3.05) is 13.1 Å². The molecule has 1 amide bonds. The fraction of sp³-hybridized carbons (Fsp3) is 0.333. The lowest BCUT2D eigenvalue weighted by Gasteiger charge is -2.25. The van der Waals surface area contributed by atoms with Crippen LogP contribution >= 0.6 is 0 Å². The lowest BCUT2D eigenvalue weighted by molar-refractivity contribution is 0.0754. The van der Waals surface area contributed by atoms with Crippen LogP contribution in [0.1, 0.15) is 41.1 Å². The van der Waals surface area contributed by atoms with E-state index >= 15 is 0 Å². The second-order valence-electron chi connectivity index (χ2n) is 5.94. The molecule has 1 aromatic heterocycles. The van der Waals surface area contributed by atoms with Crippen molar-refractivity contribution < 1.29 is 9.18 Å². The Morgan fingerprint density at radius 1 is 1.17 bits per heavy atom. The van der Waals surface area contributed by atoms with Gasteiger partial charge in [-0.1, -0.05) is 18.6 Å². The highest BCUT2D eigenvalue weighted by atomic mass is 19.1. The van der Waals surface area contributed by atoms with Crippen molar-refractivity contribution >= 4 is 5.91 Å². The van der Waals surface area contributed by atoms with E-state index in [1.54, 1.807) is 23.1 Å². The maximum absolute atomic E-state index is 13.1. The summed E-state index contributed by atoms with van der Waals surface area (Å²) in [6.07, 6.45) is 4.43. The average molecular weight is 314 g/mol. The molecule has 1 aromatic carbocycles. The summed E-state index contributed by atoms with van der Waals surface area (Å²) < 4.78 is 13.1. The van der Waals surface area contributed by atoms with Gasteiger partial charge in [-0.05, 0) is 36.6 Å². The molecule has 120 valence electrons. The predicted molar refractivity (Wildman–Crippen MR) is 86.0 cm³/mol. The van der Waals surface area contributed by atoms with E-state index in [1.807, 2.05) is 0 Å². The van der Waals surface area contributed by atoms with Crippen LogP contribution in [0, 0.1) is 5.82 Å². The summed E-state index contributed by atoms with van der Waals surface area (Å²) in [4.78, 5) is 28.4. The van der Waals surface area contributed by atoms with Crippen LogP contribution < -0.4 is 5.56 Å². The standard InChI is InChI=1S/C18H19FN2O2/c19-16-6-4-13(5-7-16)15-3-1-2-10-21(12-15)18(23)14-8-9-20-17(22)11-14/h4-9,11,15H,1-3,10,12H2,(H,20,22). The Kier molecular flexibility index (Phi) is 4.55. The number of halogens is 1. The van der Waals surface area contributed by atoms with Gasteiger partial charge in [0.25, 0.3) is 5.91 Å². The quantitative estimate of drug-likeness (QED) is 0.926. The van der Waals surface area contributed by atoms with E-state index < -0.39 is 0 Å². The Hall–Kier alpha value is -2.43. The summed E-state index contributed by atoms with van der Waals surface area (Å²) >= 11 is 0. The molecule has 4 nitrogen and oxygen atoms in total. The Bertz CT molecular complexity index is 739. The van der Waals surface area contributed by atoms with Crippen LogP contribution in [0.5, 0.6) is 0 Å².